The van der Waals surface area contributed by atoms with Crippen molar-refractivity contribution in [3.63, 3.8) is 0 Å². The first-order chi connectivity index (χ1) is 25.1. The fourth-order valence-corrected chi connectivity index (χ4v) is 6.12. The summed E-state index contributed by atoms with van der Waals surface area (Å²) < 4.78 is 88.7. The van der Waals surface area contributed by atoms with E-state index in [0.717, 1.165) is 40.7 Å². The van der Waals surface area contributed by atoms with Gasteiger partial charge in [0.05, 0.1) is 23.0 Å². The molecule has 9 nitrogen and oxygen atoms in total. The van der Waals surface area contributed by atoms with Crippen molar-refractivity contribution < 1.29 is 45.4 Å². The lowest BCUT2D eigenvalue weighted by Crippen LogP contribution is -2.48. The smallest absolute Gasteiger partial charge is 0.422 e. The van der Waals surface area contributed by atoms with E-state index >= 15 is 0 Å². The number of aromatic nitrogens is 2. The van der Waals surface area contributed by atoms with Gasteiger partial charge in [-0.2, -0.15) is 26.3 Å². The quantitative estimate of drug-likeness (QED) is 0.143. The van der Waals surface area contributed by atoms with E-state index in [4.69, 9.17) is 9.47 Å². The van der Waals surface area contributed by atoms with Gasteiger partial charge in [-0.3, -0.25) is 14.5 Å². The molecular formula is C38H35F6N5O4. The van der Waals surface area contributed by atoms with Crippen LogP contribution < -0.4 is 14.4 Å². The van der Waals surface area contributed by atoms with Crippen LogP contribution in [0.5, 0.6) is 17.4 Å². The minimum Gasteiger partial charge on any atom is -0.484 e. The maximum atomic E-state index is 13.6. The van der Waals surface area contributed by atoms with Crippen LogP contribution in [0.25, 0.3) is 10.9 Å². The van der Waals surface area contributed by atoms with E-state index in [1.165, 1.54) is 30.3 Å². The number of carbonyl (C=O) groups excluding carboxylic acids is 2. The van der Waals surface area contributed by atoms with Crippen molar-refractivity contribution in [2.75, 3.05) is 44.7 Å². The van der Waals surface area contributed by atoms with Gasteiger partial charge in [-0.15, -0.1) is 0 Å². The van der Waals surface area contributed by atoms with Crippen molar-refractivity contribution in [1.82, 2.24) is 19.4 Å². The first-order valence-electron chi connectivity index (χ1n) is 16.5. The molecule has 0 radical (unpaired) electrons. The Morgan fingerprint density at radius 3 is 2.13 bits per heavy atom. The number of ether oxygens (including phenoxy) is 2. The van der Waals surface area contributed by atoms with E-state index in [2.05, 4.69) is 9.88 Å². The summed E-state index contributed by atoms with van der Waals surface area (Å²) in [5.41, 5.74) is 2.57. The summed E-state index contributed by atoms with van der Waals surface area (Å²) in [4.78, 5) is 36.2. The Balaban J connectivity index is 1.06. The number of hydrogen-bond acceptors (Lipinski definition) is 6. The highest BCUT2D eigenvalue weighted by atomic mass is 19.4. The summed E-state index contributed by atoms with van der Waals surface area (Å²) >= 11 is 0. The summed E-state index contributed by atoms with van der Waals surface area (Å²) in [5, 5.41) is 0.840. The van der Waals surface area contributed by atoms with E-state index in [1.54, 1.807) is 49.2 Å². The zero-order valence-corrected chi connectivity index (χ0v) is 29.0. The van der Waals surface area contributed by atoms with Gasteiger partial charge < -0.3 is 23.8 Å². The number of benzene rings is 3. The third-order valence-electron chi connectivity index (χ3n) is 9.03. The Morgan fingerprint density at radius 1 is 0.849 bits per heavy atom. The average molecular weight is 740 g/mol. The number of piperazine rings is 1. The van der Waals surface area contributed by atoms with Crippen LogP contribution in [0, 0.1) is 6.92 Å². The number of aryl methyl sites for hydroxylation is 2. The second-order valence-electron chi connectivity index (χ2n) is 12.8. The summed E-state index contributed by atoms with van der Waals surface area (Å²) in [5.74, 6) is 0.274. The number of halogens is 6. The second-order valence-corrected chi connectivity index (χ2v) is 12.8. The molecule has 0 unspecified atom stereocenters. The normalized spacial score (nSPS) is 14.0. The number of carbonyl (C=O) groups is 2. The van der Waals surface area contributed by atoms with Gasteiger partial charge in [0, 0.05) is 69.9 Å². The van der Waals surface area contributed by atoms with Crippen molar-refractivity contribution in [1.29, 1.82) is 0 Å². The lowest BCUT2D eigenvalue weighted by atomic mass is 10.1. The highest BCUT2D eigenvalue weighted by molar-refractivity contribution is 6.06. The van der Waals surface area contributed by atoms with E-state index in [1.807, 2.05) is 16.7 Å². The number of anilines is 1. The summed E-state index contributed by atoms with van der Waals surface area (Å²) in [6, 6.07) is 19.4. The van der Waals surface area contributed by atoms with E-state index in [9.17, 15) is 35.9 Å². The fraction of sp³-hybridized carbons (Fsp3) is 0.289. The van der Waals surface area contributed by atoms with Crippen LogP contribution >= 0.6 is 0 Å². The van der Waals surface area contributed by atoms with Crippen LogP contribution in [-0.2, 0) is 19.8 Å². The van der Waals surface area contributed by atoms with Gasteiger partial charge in [0.1, 0.15) is 17.2 Å². The van der Waals surface area contributed by atoms with Crippen LogP contribution in [-0.4, -0.2) is 77.2 Å². The van der Waals surface area contributed by atoms with E-state index in [-0.39, 0.29) is 23.1 Å². The third kappa shape index (κ3) is 8.74. The molecule has 0 saturated carbocycles. The number of amides is 2. The highest BCUT2D eigenvalue weighted by Crippen LogP contribution is 2.32. The molecule has 15 heteroatoms. The molecule has 3 heterocycles. The van der Waals surface area contributed by atoms with Gasteiger partial charge >= 0.3 is 12.4 Å². The van der Waals surface area contributed by atoms with Crippen LogP contribution in [0.1, 0.15) is 37.5 Å². The molecule has 5 aromatic rings. The Labute approximate surface area is 300 Å². The number of rotatable bonds is 9. The SMILES string of the molecule is Cc1cc(Oc2ccc3cc(C(=O)N4CCN(Cc5ccc(OCC(F)(F)F)cc5)CC4)n(C)c3c2)ncc1N(C)C(=O)c1ccc(C(F)(F)F)cc1. The molecule has 0 atom stereocenters. The molecule has 53 heavy (non-hydrogen) atoms. The molecule has 1 fully saturated rings. The standard InChI is InChI=1S/C38H35F6N5O4/c1-24-18-34(45-21-33(24)47(3)35(50)26-6-9-28(10-7-26)38(42,43)44)53-30-13-8-27-19-32(46(2)31(27)20-30)36(51)49-16-14-48(15-17-49)22-25-4-11-29(12-5-25)52-23-37(39,40)41/h4-13,18-21H,14-17,22-23H2,1-3H3. The highest BCUT2D eigenvalue weighted by Gasteiger charge is 2.31. The van der Waals surface area contributed by atoms with Crippen molar-refractivity contribution in [3.8, 4) is 17.4 Å². The van der Waals surface area contributed by atoms with Crippen molar-refractivity contribution >= 4 is 28.4 Å². The minimum atomic E-state index is -4.50. The minimum absolute atomic E-state index is 0.0966. The topological polar surface area (TPSA) is 80.1 Å². The zero-order chi connectivity index (χ0) is 38.1. The molecule has 1 saturated heterocycles. The largest absolute Gasteiger partial charge is 0.484 e. The van der Waals surface area contributed by atoms with Crippen molar-refractivity contribution in [2.45, 2.75) is 25.8 Å². The van der Waals surface area contributed by atoms with Gasteiger partial charge in [0.25, 0.3) is 11.8 Å². The predicted molar refractivity (Wildman–Crippen MR) is 185 cm³/mol. The number of hydrogen-bond donors (Lipinski definition) is 0. The molecule has 0 N–H and O–H groups in total. The second kappa shape index (κ2) is 14.8. The van der Waals surface area contributed by atoms with Gasteiger partial charge in [-0.05, 0) is 72.6 Å². The number of nitrogens with zero attached hydrogens (tertiary/aromatic N) is 5. The van der Waals surface area contributed by atoms with Crippen LogP contribution in [0.2, 0.25) is 0 Å². The Hall–Kier alpha value is -5.57. The number of pyridine rings is 1. The van der Waals surface area contributed by atoms with Gasteiger partial charge in [0.2, 0.25) is 5.88 Å². The molecular weight excluding hydrogens is 704 g/mol. The zero-order valence-electron chi connectivity index (χ0n) is 29.0. The third-order valence-corrected chi connectivity index (χ3v) is 9.03. The first kappa shape index (κ1) is 37.2. The summed E-state index contributed by atoms with van der Waals surface area (Å²) in [6.45, 7) is 3.28. The molecule has 0 bridgehead atoms. The molecule has 1 aliphatic rings. The number of alkyl halides is 6. The predicted octanol–water partition coefficient (Wildman–Crippen LogP) is 7.87. The van der Waals surface area contributed by atoms with Crippen LogP contribution in [0.3, 0.4) is 0 Å². The molecule has 3 aromatic carbocycles. The van der Waals surface area contributed by atoms with Gasteiger partial charge in [-0.1, -0.05) is 12.1 Å². The summed E-state index contributed by atoms with van der Waals surface area (Å²) in [7, 11) is 3.32. The summed E-state index contributed by atoms with van der Waals surface area (Å²) in [6.07, 6.45) is -7.45. The molecule has 278 valence electrons. The molecule has 6 rings (SSSR count). The van der Waals surface area contributed by atoms with E-state index < -0.39 is 30.4 Å². The molecule has 2 aromatic heterocycles. The molecule has 0 aliphatic carbocycles. The Morgan fingerprint density at radius 2 is 1.51 bits per heavy atom. The van der Waals surface area contributed by atoms with Crippen molar-refractivity contribution in [2.24, 2.45) is 7.05 Å². The monoisotopic (exact) mass is 739 g/mol. The van der Waals surface area contributed by atoms with Crippen molar-refractivity contribution in [3.05, 3.63) is 113 Å². The first-order valence-corrected chi connectivity index (χ1v) is 16.5. The maximum absolute atomic E-state index is 13.6. The van der Waals surface area contributed by atoms with Gasteiger partial charge in [-0.25, -0.2) is 4.98 Å². The lowest BCUT2D eigenvalue weighted by molar-refractivity contribution is -0.153. The molecule has 1 aliphatic heterocycles. The fourth-order valence-electron chi connectivity index (χ4n) is 6.12. The molecule has 0 spiro atoms. The Bertz CT molecular complexity index is 2110. The van der Waals surface area contributed by atoms with E-state index in [0.29, 0.717) is 55.4 Å². The van der Waals surface area contributed by atoms with Crippen LogP contribution in [0.4, 0.5) is 32.0 Å². The lowest BCUT2D eigenvalue weighted by Gasteiger charge is -2.34. The average Bonchev–Trinajstić information content (AvgIpc) is 3.45. The van der Waals surface area contributed by atoms with Gasteiger partial charge in [0.15, 0.2) is 6.61 Å². The number of fused-ring (bicyclic) bond motifs is 1. The van der Waals surface area contributed by atoms with Crippen LogP contribution in [0.15, 0.2) is 85.1 Å². The maximum Gasteiger partial charge on any atom is 0.422 e. The Kier molecular flexibility index (Phi) is 10.4. The molecule has 2 amide bonds.